The highest BCUT2D eigenvalue weighted by Gasteiger charge is 2.33. The third-order valence-electron chi connectivity index (χ3n) is 9.53. The smallest absolute Gasteiger partial charge is 0.224 e. The molecule has 0 aromatic heterocycles. The molecule has 4 atom stereocenters. The van der Waals surface area contributed by atoms with Crippen molar-refractivity contribution in [2.75, 3.05) is 30.0 Å². The Hall–Kier alpha value is -5.06. The molecule has 9 nitrogen and oxygen atoms in total. The molecule has 0 radical (unpaired) electrons. The predicted octanol–water partition coefficient (Wildman–Crippen LogP) is 7.90. The maximum Gasteiger partial charge on any atom is 0.224 e. The van der Waals surface area contributed by atoms with Crippen molar-refractivity contribution in [2.24, 2.45) is 0 Å². The van der Waals surface area contributed by atoms with Crippen molar-refractivity contribution in [1.29, 1.82) is 0 Å². The van der Waals surface area contributed by atoms with E-state index in [1.54, 1.807) is 24.3 Å². The Bertz CT molecular complexity index is 1930. The number of aliphatic hydroxyl groups excluding tert-OH is 1. The number of nitrogens with two attached hydrogens (primary N) is 1. The molecular formula is C42H46N4O5. The number of hydrogen-bond acceptors (Lipinski definition) is 7. The van der Waals surface area contributed by atoms with Crippen LogP contribution in [0.4, 0.5) is 17.1 Å². The van der Waals surface area contributed by atoms with E-state index in [0.29, 0.717) is 36.4 Å². The van der Waals surface area contributed by atoms with Gasteiger partial charge in [0.15, 0.2) is 6.29 Å². The van der Waals surface area contributed by atoms with Gasteiger partial charge >= 0.3 is 0 Å². The molecule has 264 valence electrons. The van der Waals surface area contributed by atoms with Gasteiger partial charge in [-0.05, 0) is 78.2 Å². The Labute approximate surface area is 299 Å². The number of rotatable bonds is 13. The minimum atomic E-state index is -0.613. The van der Waals surface area contributed by atoms with Crippen LogP contribution in [0.1, 0.15) is 73.3 Å². The fourth-order valence-corrected chi connectivity index (χ4v) is 6.41. The molecule has 1 fully saturated rings. The molecule has 51 heavy (non-hydrogen) atoms. The van der Waals surface area contributed by atoms with Crippen molar-refractivity contribution in [3.05, 3.63) is 138 Å². The molecule has 1 aliphatic heterocycles. The van der Waals surface area contributed by atoms with Crippen LogP contribution in [0.15, 0.2) is 115 Å². The minimum absolute atomic E-state index is 0.0142. The maximum absolute atomic E-state index is 12.7. The van der Waals surface area contributed by atoms with Gasteiger partial charge in [0, 0.05) is 43.1 Å². The number of nitrogens with zero attached hydrogens (tertiary/aromatic N) is 1. The number of benzene rings is 5. The number of aliphatic hydroxyl groups is 1. The lowest BCUT2D eigenvalue weighted by Crippen LogP contribution is -2.38. The number of carbonyl (C=O) groups is 2. The molecule has 0 spiro atoms. The van der Waals surface area contributed by atoms with Crippen molar-refractivity contribution in [1.82, 2.24) is 4.90 Å². The van der Waals surface area contributed by atoms with E-state index in [-0.39, 0.29) is 49.5 Å². The number of amides is 2. The molecule has 6 rings (SSSR count). The van der Waals surface area contributed by atoms with Crippen molar-refractivity contribution in [3.8, 4) is 0 Å². The maximum atomic E-state index is 12.7. The second-order valence-electron chi connectivity index (χ2n) is 13.2. The summed E-state index contributed by atoms with van der Waals surface area (Å²) in [6.45, 7) is 2.90. The quantitative estimate of drug-likeness (QED) is 0.0928. The second kappa shape index (κ2) is 16.8. The molecule has 0 bridgehead atoms. The summed E-state index contributed by atoms with van der Waals surface area (Å²) in [5.41, 5.74) is 11.6. The third-order valence-corrected chi connectivity index (χ3v) is 9.53. The normalized spacial score (nSPS) is 18.0. The lowest BCUT2D eigenvalue weighted by atomic mass is 9.98. The molecule has 5 N–H and O–H groups in total. The summed E-state index contributed by atoms with van der Waals surface area (Å²) < 4.78 is 13.2. The van der Waals surface area contributed by atoms with E-state index in [1.807, 2.05) is 48.5 Å². The Balaban J connectivity index is 1.08. The minimum Gasteiger partial charge on any atom is -0.397 e. The Morgan fingerprint density at radius 3 is 2.22 bits per heavy atom. The first-order chi connectivity index (χ1) is 24.7. The lowest BCUT2D eigenvalue weighted by molar-refractivity contribution is -0.253. The van der Waals surface area contributed by atoms with Gasteiger partial charge in [-0.2, -0.15) is 0 Å². The van der Waals surface area contributed by atoms with E-state index in [0.717, 1.165) is 16.7 Å². The van der Waals surface area contributed by atoms with Crippen LogP contribution in [-0.2, 0) is 25.7 Å². The summed E-state index contributed by atoms with van der Waals surface area (Å²) in [6.07, 6.45) is 0.556. The first kappa shape index (κ1) is 35.8. The van der Waals surface area contributed by atoms with Crippen LogP contribution in [0.3, 0.4) is 0 Å². The summed E-state index contributed by atoms with van der Waals surface area (Å²) in [5, 5.41) is 17.7. The standard InChI is InChI=1S/C42H46N4O5/c1-28(33-19-18-30-8-3-4-9-34(30)24-33)46(2)26-36-25-39(31-16-14-29(27-47)15-17-31)51-42(50-36)32-20-22-35(23-21-32)44-40(48)12-7-13-41(49)45-38-11-6-5-10-37(38)43/h3-6,8-11,14-24,28,36,39,42,47H,7,12-13,25-27,43H2,1-2H3,(H,44,48)(H,45,49)/t28-,36-,39+,42+/m1/s1. The second-order valence-corrected chi connectivity index (χ2v) is 13.2. The highest BCUT2D eigenvalue weighted by atomic mass is 16.7. The van der Waals surface area contributed by atoms with E-state index in [4.69, 9.17) is 15.2 Å². The highest BCUT2D eigenvalue weighted by Crippen LogP contribution is 2.39. The molecule has 9 heteroatoms. The largest absolute Gasteiger partial charge is 0.397 e. The average Bonchev–Trinajstić information content (AvgIpc) is 3.15. The molecule has 0 unspecified atom stereocenters. The van der Waals surface area contributed by atoms with Crippen LogP contribution in [-0.4, -0.2) is 41.5 Å². The summed E-state index contributed by atoms with van der Waals surface area (Å²) in [4.78, 5) is 27.3. The molecule has 1 aliphatic rings. The third kappa shape index (κ3) is 9.39. The number of carbonyl (C=O) groups excluding carboxylic acids is 2. The summed E-state index contributed by atoms with van der Waals surface area (Å²) in [7, 11) is 2.13. The number of hydrogen-bond donors (Lipinski definition) is 4. The Morgan fingerprint density at radius 2 is 1.49 bits per heavy atom. The SMILES string of the molecule is C[C@H](c1ccc2ccccc2c1)N(C)C[C@H]1C[C@@H](c2ccc(CO)cc2)O[C@@H](c2ccc(NC(=O)CCCC(=O)Nc3ccccc3N)cc2)O1. The van der Waals surface area contributed by atoms with Crippen molar-refractivity contribution in [3.63, 3.8) is 0 Å². The van der Waals surface area contributed by atoms with E-state index in [2.05, 4.69) is 72.0 Å². The van der Waals surface area contributed by atoms with Gasteiger partial charge in [-0.1, -0.05) is 84.9 Å². The van der Waals surface area contributed by atoms with Gasteiger partial charge in [0.25, 0.3) is 0 Å². The Morgan fingerprint density at radius 1 is 0.824 bits per heavy atom. The molecule has 5 aromatic rings. The summed E-state index contributed by atoms with van der Waals surface area (Å²) in [5.74, 6) is -0.359. The topological polar surface area (TPSA) is 126 Å². The van der Waals surface area contributed by atoms with E-state index >= 15 is 0 Å². The first-order valence-electron chi connectivity index (χ1n) is 17.5. The van der Waals surface area contributed by atoms with Gasteiger partial charge in [0.05, 0.1) is 30.2 Å². The molecule has 1 heterocycles. The molecule has 2 amide bonds. The van der Waals surface area contributed by atoms with Crippen LogP contribution < -0.4 is 16.4 Å². The Kier molecular flexibility index (Phi) is 11.8. The van der Waals surface area contributed by atoms with E-state index in [9.17, 15) is 14.7 Å². The van der Waals surface area contributed by atoms with Gasteiger partial charge in [-0.15, -0.1) is 0 Å². The monoisotopic (exact) mass is 686 g/mol. The zero-order valence-corrected chi connectivity index (χ0v) is 29.1. The van der Waals surface area contributed by atoms with Crippen LogP contribution in [0.2, 0.25) is 0 Å². The molecular weight excluding hydrogens is 640 g/mol. The molecule has 0 aliphatic carbocycles. The number of nitrogens with one attached hydrogen (secondary N) is 2. The average molecular weight is 687 g/mol. The van der Waals surface area contributed by atoms with E-state index in [1.165, 1.54) is 16.3 Å². The van der Waals surface area contributed by atoms with Crippen LogP contribution in [0.25, 0.3) is 10.8 Å². The first-order valence-corrected chi connectivity index (χ1v) is 17.5. The fourth-order valence-electron chi connectivity index (χ4n) is 6.41. The molecule has 1 saturated heterocycles. The van der Waals surface area contributed by atoms with Gasteiger partial charge in [0.1, 0.15) is 0 Å². The fraction of sp³-hybridized carbons (Fsp3) is 0.286. The number of anilines is 3. The lowest BCUT2D eigenvalue weighted by Gasteiger charge is -2.39. The number of para-hydroxylation sites is 2. The summed E-state index contributed by atoms with van der Waals surface area (Å²) >= 11 is 0. The molecule has 0 saturated carbocycles. The zero-order chi connectivity index (χ0) is 35.7. The number of likely N-dealkylation sites (N-methyl/N-ethyl adjacent to an activating group) is 1. The van der Waals surface area contributed by atoms with Crippen molar-refractivity contribution < 1.29 is 24.2 Å². The molecule has 5 aromatic carbocycles. The van der Waals surface area contributed by atoms with Crippen LogP contribution in [0, 0.1) is 0 Å². The number of ether oxygens (including phenoxy) is 2. The van der Waals surface area contributed by atoms with Gasteiger partial charge in [-0.25, -0.2) is 0 Å². The zero-order valence-electron chi connectivity index (χ0n) is 29.1. The van der Waals surface area contributed by atoms with Crippen LogP contribution in [0.5, 0.6) is 0 Å². The number of nitrogen functional groups attached to an aromatic ring is 1. The number of fused-ring (bicyclic) bond motifs is 1. The summed E-state index contributed by atoms with van der Waals surface area (Å²) in [6, 6.07) is 37.7. The highest BCUT2D eigenvalue weighted by molar-refractivity contribution is 5.95. The van der Waals surface area contributed by atoms with Gasteiger partial charge < -0.3 is 30.9 Å². The van der Waals surface area contributed by atoms with Crippen LogP contribution >= 0.6 is 0 Å². The van der Waals surface area contributed by atoms with Gasteiger partial charge in [-0.3, -0.25) is 14.5 Å². The van der Waals surface area contributed by atoms with E-state index < -0.39 is 6.29 Å². The van der Waals surface area contributed by atoms with Gasteiger partial charge in [0.2, 0.25) is 11.8 Å². The van der Waals surface area contributed by atoms with Crippen molar-refractivity contribution >= 4 is 39.6 Å². The predicted molar refractivity (Wildman–Crippen MR) is 202 cm³/mol. The van der Waals surface area contributed by atoms with Crippen molar-refractivity contribution in [2.45, 2.75) is 63.8 Å².